The van der Waals surface area contributed by atoms with Crippen molar-refractivity contribution in [1.29, 1.82) is 5.26 Å². The van der Waals surface area contributed by atoms with Crippen molar-refractivity contribution in [3.05, 3.63) is 0 Å². The highest BCUT2D eigenvalue weighted by Gasteiger charge is 1.97. The van der Waals surface area contributed by atoms with Crippen LogP contribution in [0, 0.1) is 11.3 Å². The van der Waals surface area contributed by atoms with Crippen molar-refractivity contribution in [3.8, 4) is 6.07 Å². The standard InChI is InChI=1S/C4H7N2O2P/c1-6-9(7)8-4-2-3-5/h7H,1-2,4H2. The van der Waals surface area contributed by atoms with Crippen LogP contribution in [-0.4, -0.2) is 18.2 Å². The summed E-state index contributed by atoms with van der Waals surface area (Å²) in [5.41, 5.74) is 0. The maximum Gasteiger partial charge on any atom is 0.306 e. The lowest BCUT2D eigenvalue weighted by Crippen LogP contribution is -1.84. The first-order chi connectivity index (χ1) is 4.31. The molecule has 0 radical (unpaired) electrons. The van der Waals surface area contributed by atoms with E-state index in [4.69, 9.17) is 10.2 Å². The molecule has 0 heterocycles. The van der Waals surface area contributed by atoms with Crippen molar-refractivity contribution in [2.75, 3.05) is 6.61 Å². The molecule has 1 atom stereocenters. The number of nitrogens with zero attached hydrogens (tertiary/aromatic N) is 2. The molecule has 0 aliphatic carbocycles. The Kier molecular flexibility index (Phi) is 5.34. The van der Waals surface area contributed by atoms with Gasteiger partial charge in [-0.25, -0.2) is 4.76 Å². The van der Waals surface area contributed by atoms with Crippen molar-refractivity contribution in [2.45, 2.75) is 6.42 Å². The van der Waals surface area contributed by atoms with Crippen LogP contribution in [0.25, 0.3) is 0 Å². The van der Waals surface area contributed by atoms with Gasteiger partial charge in [0.2, 0.25) is 0 Å². The van der Waals surface area contributed by atoms with E-state index in [1.807, 2.05) is 6.07 Å². The van der Waals surface area contributed by atoms with E-state index >= 15 is 0 Å². The largest absolute Gasteiger partial charge is 0.332 e. The Labute approximate surface area is 54.8 Å². The highest BCUT2D eigenvalue weighted by Crippen LogP contribution is 2.31. The van der Waals surface area contributed by atoms with Gasteiger partial charge in [-0.15, -0.1) is 0 Å². The predicted octanol–water partition coefficient (Wildman–Crippen LogP) is 0.836. The second-order valence-electron chi connectivity index (χ2n) is 1.14. The average Bonchev–Trinajstić information content (AvgIpc) is 1.89. The molecule has 0 spiro atoms. The van der Waals surface area contributed by atoms with Gasteiger partial charge in [0.15, 0.2) is 0 Å². The molecule has 0 saturated carbocycles. The summed E-state index contributed by atoms with van der Waals surface area (Å²) in [6, 6.07) is 1.86. The summed E-state index contributed by atoms with van der Waals surface area (Å²) in [6.45, 7) is 3.28. The van der Waals surface area contributed by atoms with Gasteiger partial charge in [-0.3, -0.25) is 0 Å². The van der Waals surface area contributed by atoms with Gasteiger partial charge in [-0.2, -0.15) is 5.26 Å². The lowest BCUT2D eigenvalue weighted by Gasteiger charge is -1.99. The molecule has 0 aliphatic heterocycles. The predicted molar refractivity (Wildman–Crippen MR) is 34.9 cm³/mol. The SMILES string of the molecule is C=NP(O)OCCC#N. The zero-order chi connectivity index (χ0) is 7.11. The topological polar surface area (TPSA) is 65.6 Å². The maximum atomic E-state index is 8.59. The van der Waals surface area contributed by atoms with E-state index < -0.39 is 8.53 Å². The number of hydrogen-bond acceptors (Lipinski definition) is 4. The highest BCUT2D eigenvalue weighted by atomic mass is 31.2. The molecule has 50 valence electrons. The summed E-state index contributed by atoms with van der Waals surface area (Å²) in [7, 11) is -1.73. The zero-order valence-electron chi connectivity index (χ0n) is 4.82. The van der Waals surface area contributed by atoms with Gasteiger partial charge in [0.1, 0.15) is 0 Å². The van der Waals surface area contributed by atoms with Gasteiger partial charge >= 0.3 is 8.53 Å². The van der Waals surface area contributed by atoms with E-state index in [2.05, 4.69) is 16.0 Å². The molecule has 0 aliphatic rings. The van der Waals surface area contributed by atoms with Crippen molar-refractivity contribution in [3.63, 3.8) is 0 Å². The minimum Gasteiger partial charge on any atom is -0.332 e. The fourth-order valence-electron chi connectivity index (χ4n) is 0.214. The molecule has 0 fully saturated rings. The van der Waals surface area contributed by atoms with Crippen molar-refractivity contribution in [2.24, 2.45) is 4.76 Å². The molecule has 0 bridgehead atoms. The van der Waals surface area contributed by atoms with Gasteiger partial charge in [0, 0.05) is 0 Å². The Bertz CT molecular complexity index is 122. The summed E-state index contributed by atoms with van der Waals surface area (Å²) in [4.78, 5) is 8.59. The summed E-state index contributed by atoms with van der Waals surface area (Å²) in [6.07, 6.45) is 0.273. The Morgan fingerprint density at radius 2 is 2.56 bits per heavy atom. The molecular weight excluding hydrogens is 139 g/mol. The fraction of sp³-hybridized carbons (Fsp3) is 0.500. The second kappa shape index (κ2) is 5.64. The first kappa shape index (κ1) is 8.51. The van der Waals surface area contributed by atoms with Crippen LogP contribution in [0.4, 0.5) is 0 Å². The van der Waals surface area contributed by atoms with Gasteiger partial charge < -0.3 is 9.42 Å². The van der Waals surface area contributed by atoms with Gasteiger partial charge in [-0.05, 0) is 6.72 Å². The Morgan fingerprint density at radius 1 is 1.89 bits per heavy atom. The molecule has 0 rings (SSSR count). The van der Waals surface area contributed by atoms with Crippen LogP contribution >= 0.6 is 8.53 Å². The normalized spacial score (nSPS) is 12.0. The first-order valence-electron chi connectivity index (χ1n) is 2.26. The molecule has 0 aromatic rings. The monoisotopic (exact) mass is 146 g/mol. The minimum absolute atomic E-state index is 0.220. The van der Waals surface area contributed by atoms with Crippen LogP contribution in [0.15, 0.2) is 4.76 Å². The van der Waals surface area contributed by atoms with Crippen molar-refractivity contribution >= 4 is 15.2 Å². The second-order valence-corrected chi connectivity index (χ2v) is 2.18. The van der Waals surface area contributed by atoms with E-state index in [1.54, 1.807) is 0 Å². The molecule has 5 heteroatoms. The lowest BCUT2D eigenvalue weighted by molar-refractivity contribution is 0.319. The van der Waals surface area contributed by atoms with Crippen LogP contribution in [-0.2, 0) is 4.52 Å². The van der Waals surface area contributed by atoms with Crippen LogP contribution in [0.1, 0.15) is 6.42 Å². The third-order valence-electron chi connectivity index (χ3n) is 0.542. The number of nitriles is 1. The molecular formula is C4H7N2O2P. The summed E-state index contributed by atoms with van der Waals surface area (Å²) in [5.74, 6) is 0. The van der Waals surface area contributed by atoms with E-state index in [0.717, 1.165) is 0 Å². The molecule has 1 unspecified atom stereocenters. The Hall–Kier alpha value is -0.490. The molecule has 0 aromatic carbocycles. The molecule has 0 aromatic heterocycles. The summed E-state index contributed by atoms with van der Waals surface area (Å²) in [5, 5.41) is 8.00. The minimum atomic E-state index is -1.73. The van der Waals surface area contributed by atoms with E-state index in [0.29, 0.717) is 0 Å². The van der Waals surface area contributed by atoms with Crippen molar-refractivity contribution < 1.29 is 9.42 Å². The third-order valence-corrected chi connectivity index (χ3v) is 1.20. The van der Waals surface area contributed by atoms with Gasteiger partial charge in [0.05, 0.1) is 19.1 Å². The first-order valence-corrected chi connectivity index (χ1v) is 3.43. The van der Waals surface area contributed by atoms with Crippen LogP contribution < -0.4 is 0 Å². The van der Waals surface area contributed by atoms with Crippen LogP contribution in [0.3, 0.4) is 0 Å². The number of hydrogen-bond donors (Lipinski definition) is 1. The van der Waals surface area contributed by atoms with Gasteiger partial charge in [0.25, 0.3) is 0 Å². The number of rotatable bonds is 4. The van der Waals surface area contributed by atoms with Gasteiger partial charge in [-0.1, -0.05) is 0 Å². The highest BCUT2D eigenvalue weighted by molar-refractivity contribution is 7.44. The molecule has 4 nitrogen and oxygen atoms in total. The molecule has 9 heavy (non-hydrogen) atoms. The quantitative estimate of drug-likeness (QED) is 0.363. The smallest absolute Gasteiger partial charge is 0.306 e. The van der Waals surface area contributed by atoms with E-state index in [-0.39, 0.29) is 13.0 Å². The van der Waals surface area contributed by atoms with Crippen LogP contribution in [0.5, 0.6) is 0 Å². The maximum absolute atomic E-state index is 8.59. The molecule has 0 saturated heterocycles. The lowest BCUT2D eigenvalue weighted by atomic mass is 10.5. The molecule has 1 N–H and O–H groups in total. The molecule has 0 amide bonds. The Balaban J connectivity index is 3.08. The summed E-state index contributed by atoms with van der Waals surface area (Å²) < 4.78 is 7.80. The average molecular weight is 146 g/mol. The van der Waals surface area contributed by atoms with Crippen molar-refractivity contribution in [1.82, 2.24) is 0 Å². The third kappa shape index (κ3) is 5.38. The summed E-state index contributed by atoms with van der Waals surface area (Å²) >= 11 is 0. The zero-order valence-corrected chi connectivity index (χ0v) is 5.71. The van der Waals surface area contributed by atoms with E-state index in [9.17, 15) is 0 Å². The fourth-order valence-corrected chi connectivity index (χ4v) is 0.550. The Morgan fingerprint density at radius 3 is 3.00 bits per heavy atom. The van der Waals surface area contributed by atoms with E-state index in [1.165, 1.54) is 0 Å². The van der Waals surface area contributed by atoms with Crippen LogP contribution in [0.2, 0.25) is 0 Å².